The maximum absolute atomic E-state index is 12.5. The van der Waals surface area contributed by atoms with Crippen molar-refractivity contribution in [1.29, 1.82) is 0 Å². The van der Waals surface area contributed by atoms with Crippen molar-refractivity contribution in [1.82, 2.24) is 20.2 Å². The summed E-state index contributed by atoms with van der Waals surface area (Å²) in [7, 11) is 0. The molecule has 142 valence electrons. The summed E-state index contributed by atoms with van der Waals surface area (Å²) in [6, 6.07) is 11.9. The molecule has 1 aliphatic rings. The molecule has 2 aromatic heterocycles. The molecule has 27 heavy (non-hydrogen) atoms. The number of aromatic nitrogens is 2. The number of aromatic amines is 1. The van der Waals surface area contributed by atoms with E-state index in [-0.39, 0.29) is 11.8 Å². The van der Waals surface area contributed by atoms with E-state index in [1.807, 2.05) is 36.4 Å². The summed E-state index contributed by atoms with van der Waals surface area (Å²) in [6.07, 6.45) is 5.44. The standard InChI is InChI=1S/C21H26N4O2/c26-21(16-6-4-12-25(14-16)15-17-7-5-13-27-17)22-11-3-10-20-23-18-8-1-2-9-19(18)24-20/h1-2,5,7-9,13,16H,3-4,6,10-12,14-15H2,(H,22,26)(H,23,24). The monoisotopic (exact) mass is 366 g/mol. The average molecular weight is 366 g/mol. The summed E-state index contributed by atoms with van der Waals surface area (Å²) in [5, 5.41) is 3.11. The van der Waals surface area contributed by atoms with E-state index in [4.69, 9.17) is 4.42 Å². The highest BCUT2D eigenvalue weighted by molar-refractivity contribution is 5.79. The van der Waals surface area contributed by atoms with Crippen LogP contribution in [-0.4, -0.2) is 40.4 Å². The molecule has 2 N–H and O–H groups in total. The normalized spacial score (nSPS) is 18.0. The van der Waals surface area contributed by atoms with Gasteiger partial charge in [0.2, 0.25) is 5.91 Å². The summed E-state index contributed by atoms with van der Waals surface area (Å²) >= 11 is 0. The fourth-order valence-electron chi connectivity index (χ4n) is 3.77. The predicted molar refractivity (Wildman–Crippen MR) is 104 cm³/mol. The zero-order chi connectivity index (χ0) is 18.5. The third-order valence-electron chi connectivity index (χ3n) is 5.16. The lowest BCUT2D eigenvalue weighted by molar-refractivity contribution is -0.126. The number of H-pyrrole nitrogens is 1. The van der Waals surface area contributed by atoms with Gasteiger partial charge in [0.15, 0.2) is 0 Å². The van der Waals surface area contributed by atoms with Crippen molar-refractivity contribution in [2.45, 2.75) is 32.2 Å². The highest BCUT2D eigenvalue weighted by atomic mass is 16.3. The van der Waals surface area contributed by atoms with Gasteiger partial charge in [-0.1, -0.05) is 12.1 Å². The van der Waals surface area contributed by atoms with E-state index in [0.717, 1.165) is 67.9 Å². The maximum atomic E-state index is 12.5. The van der Waals surface area contributed by atoms with Gasteiger partial charge in [-0.2, -0.15) is 0 Å². The number of hydrogen-bond acceptors (Lipinski definition) is 4. The number of piperidine rings is 1. The van der Waals surface area contributed by atoms with E-state index in [0.29, 0.717) is 6.54 Å². The van der Waals surface area contributed by atoms with E-state index in [1.54, 1.807) is 6.26 Å². The van der Waals surface area contributed by atoms with Crippen LogP contribution in [0.2, 0.25) is 0 Å². The molecular weight excluding hydrogens is 340 g/mol. The Morgan fingerprint density at radius 1 is 1.30 bits per heavy atom. The minimum absolute atomic E-state index is 0.0694. The number of amides is 1. The first-order valence-corrected chi connectivity index (χ1v) is 9.74. The van der Waals surface area contributed by atoms with Crippen LogP contribution in [0, 0.1) is 5.92 Å². The Bertz CT molecular complexity index is 838. The lowest BCUT2D eigenvalue weighted by Gasteiger charge is -2.31. The molecule has 3 heterocycles. The van der Waals surface area contributed by atoms with Crippen LogP contribution < -0.4 is 5.32 Å². The SMILES string of the molecule is O=C(NCCCc1nc2ccccc2[nH]1)C1CCCN(Cc2ccco2)C1. The average Bonchev–Trinajstić information content (AvgIpc) is 3.34. The van der Waals surface area contributed by atoms with Crippen LogP contribution in [0.5, 0.6) is 0 Å². The number of nitrogens with zero attached hydrogens (tertiary/aromatic N) is 2. The van der Waals surface area contributed by atoms with Gasteiger partial charge in [-0.15, -0.1) is 0 Å². The van der Waals surface area contributed by atoms with Gasteiger partial charge in [0.1, 0.15) is 11.6 Å². The topological polar surface area (TPSA) is 74.2 Å². The van der Waals surface area contributed by atoms with Gasteiger partial charge < -0.3 is 14.7 Å². The summed E-state index contributed by atoms with van der Waals surface area (Å²) in [4.78, 5) is 22.7. The maximum Gasteiger partial charge on any atom is 0.224 e. The van der Waals surface area contributed by atoms with Crippen molar-refractivity contribution >= 4 is 16.9 Å². The Labute approximate surface area is 159 Å². The molecule has 4 rings (SSSR count). The fraction of sp³-hybridized carbons (Fsp3) is 0.429. The van der Waals surface area contributed by atoms with E-state index < -0.39 is 0 Å². The van der Waals surface area contributed by atoms with Gasteiger partial charge in [-0.3, -0.25) is 9.69 Å². The molecule has 3 aromatic rings. The van der Waals surface area contributed by atoms with Crippen LogP contribution in [0.4, 0.5) is 0 Å². The summed E-state index contributed by atoms with van der Waals surface area (Å²) in [5.74, 6) is 2.18. The second-order valence-corrected chi connectivity index (χ2v) is 7.25. The summed E-state index contributed by atoms with van der Waals surface area (Å²) in [6.45, 7) is 3.29. The second-order valence-electron chi connectivity index (χ2n) is 7.25. The Hall–Kier alpha value is -2.60. The van der Waals surface area contributed by atoms with Crippen molar-refractivity contribution in [2.24, 2.45) is 5.92 Å². The molecule has 1 amide bonds. The number of hydrogen-bond donors (Lipinski definition) is 2. The van der Waals surface area contributed by atoms with Crippen LogP contribution in [0.15, 0.2) is 47.1 Å². The minimum Gasteiger partial charge on any atom is -0.468 e. The van der Waals surface area contributed by atoms with Gasteiger partial charge in [-0.05, 0) is 50.1 Å². The summed E-state index contributed by atoms with van der Waals surface area (Å²) < 4.78 is 5.42. The van der Waals surface area contributed by atoms with E-state index in [2.05, 4.69) is 20.2 Å². The van der Waals surface area contributed by atoms with Crippen molar-refractivity contribution in [2.75, 3.05) is 19.6 Å². The highest BCUT2D eigenvalue weighted by Crippen LogP contribution is 2.19. The number of furan rings is 1. The smallest absolute Gasteiger partial charge is 0.224 e. The molecule has 0 radical (unpaired) electrons. The zero-order valence-electron chi connectivity index (χ0n) is 15.5. The van der Waals surface area contributed by atoms with Crippen molar-refractivity contribution < 1.29 is 9.21 Å². The molecule has 0 aliphatic carbocycles. The number of para-hydroxylation sites is 2. The van der Waals surface area contributed by atoms with Crippen molar-refractivity contribution in [3.63, 3.8) is 0 Å². The van der Waals surface area contributed by atoms with Crippen LogP contribution in [0.3, 0.4) is 0 Å². The van der Waals surface area contributed by atoms with Crippen LogP contribution in [-0.2, 0) is 17.8 Å². The van der Waals surface area contributed by atoms with Crippen LogP contribution >= 0.6 is 0 Å². The van der Waals surface area contributed by atoms with Gasteiger partial charge in [0, 0.05) is 19.5 Å². The Kier molecular flexibility index (Phi) is 5.53. The van der Waals surface area contributed by atoms with Gasteiger partial charge in [-0.25, -0.2) is 4.98 Å². The van der Waals surface area contributed by atoms with Gasteiger partial charge >= 0.3 is 0 Å². The van der Waals surface area contributed by atoms with E-state index in [1.165, 1.54) is 0 Å². The molecular formula is C21H26N4O2. The number of aryl methyl sites for hydroxylation is 1. The van der Waals surface area contributed by atoms with Crippen molar-refractivity contribution in [3.05, 3.63) is 54.2 Å². The quantitative estimate of drug-likeness (QED) is 0.630. The molecule has 6 nitrogen and oxygen atoms in total. The molecule has 1 aliphatic heterocycles. The lowest BCUT2D eigenvalue weighted by atomic mass is 9.97. The molecule has 1 aromatic carbocycles. The lowest BCUT2D eigenvalue weighted by Crippen LogP contribution is -2.42. The molecule has 0 spiro atoms. The first kappa shape index (κ1) is 17.8. The zero-order valence-corrected chi connectivity index (χ0v) is 15.5. The number of likely N-dealkylation sites (tertiary alicyclic amines) is 1. The largest absolute Gasteiger partial charge is 0.468 e. The number of fused-ring (bicyclic) bond motifs is 1. The first-order chi connectivity index (χ1) is 13.3. The Morgan fingerprint density at radius 2 is 2.22 bits per heavy atom. The second kappa shape index (κ2) is 8.39. The molecule has 1 atom stereocenters. The third kappa shape index (κ3) is 4.57. The minimum atomic E-state index is 0.0694. The number of rotatable bonds is 7. The number of benzene rings is 1. The Balaban J connectivity index is 1.20. The predicted octanol–water partition coefficient (Wildman–Crippen LogP) is 3.12. The third-order valence-corrected chi connectivity index (χ3v) is 5.16. The number of carbonyl (C=O) groups excluding carboxylic acids is 1. The molecule has 1 unspecified atom stereocenters. The highest BCUT2D eigenvalue weighted by Gasteiger charge is 2.25. The Morgan fingerprint density at radius 3 is 3.07 bits per heavy atom. The van der Waals surface area contributed by atoms with Crippen LogP contribution in [0.25, 0.3) is 11.0 Å². The molecule has 6 heteroatoms. The molecule has 1 saturated heterocycles. The van der Waals surface area contributed by atoms with Gasteiger partial charge in [0.05, 0.1) is 29.8 Å². The molecule has 1 fully saturated rings. The van der Waals surface area contributed by atoms with Crippen molar-refractivity contribution in [3.8, 4) is 0 Å². The fourth-order valence-corrected chi connectivity index (χ4v) is 3.77. The van der Waals surface area contributed by atoms with Gasteiger partial charge in [0.25, 0.3) is 0 Å². The first-order valence-electron chi connectivity index (χ1n) is 9.74. The molecule has 0 bridgehead atoms. The van der Waals surface area contributed by atoms with E-state index in [9.17, 15) is 4.79 Å². The van der Waals surface area contributed by atoms with E-state index >= 15 is 0 Å². The molecule has 0 saturated carbocycles. The number of imidazole rings is 1. The number of carbonyl (C=O) groups is 1. The number of nitrogens with one attached hydrogen (secondary N) is 2. The van der Waals surface area contributed by atoms with Crippen LogP contribution in [0.1, 0.15) is 30.8 Å². The summed E-state index contributed by atoms with van der Waals surface area (Å²) in [5.41, 5.74) is 2.06.